The molecule has 0 aliphatic carbocycles. The van der Waals surface area contributed by atoms with E-state index in [4.69, 9.17) is 23.2 Å². The number of benzene rings is 2. The lowest BCUT2D eigenvalue weighted by atomic mass is 10.0. The van der Waals surface area contributed by atoms with Crippen LogP contribution >= 0.6 is 23.2 Å². The highest BCUT2D eigenvalue weighted by molar-refractivity contribution is 6.43. The van der Waals surface area contributed by atoms with Gasteiger partial charge in [0, 0.05) is 16.5 Å². The van der Waals surface area contributed by atoms with Crippen molar-refractivity contribution in [1.29, 1.82) is 0 Å². The SMILES string of the molecule is O=C(O)Cc1c(-c2cccc(Cl)c2Cl)[nH]c2ccc(OC(F)(F)F)cc12. The quantitative estimate of drug-likeness (QED) is 0.589. The van der Waals surface area contributed by atoms with E-state index in [2.05, 4.69) is 9.72 Å². The van der Waals surface area contributed by atoms with E-state index in [0.29, 0.717) is 22.2 Å². The van der Waals surface area contributed by atoms with Crippen LogP contribution in [0.5, 0.6) is 5.75 Å². The average Bonchev–Trinajstić information content (AvgIpc) is 2.86. The standard InChI is InChI=1S/C17H10Cl2F3NO3/c18-12-3-1-2-9(15(12)19)16-11(7-14(24)25)10-6-8(26-17(20,21)22)4-5-13(10)23-16/h1-6,23H,7H2,(H,24,25). The molecular weight excluding hydrogens is 394 g/mol. The van der Waals surface area contributed by atoms with Crippen LogP contribution in [0.3, 0.4) is 0 Å². The maximum atomic E-state index is 12.5. The van der Waals surface area contributed by atoms with Gasteiger partial charge in [0.05, 0.1) is 22.2 Å². The molecule has 0 amide bonds. The van der Waals surface area contributed by atoms with Crippen molar-refractivity contribution in [3.05, 3.63) is 52.0 Å². The van der Waals surface area contributed by atoms with E-state index in [1.165, 1.54) is 6.07 Å². The van der Waals surface area contributed by atoms with Gasteiger partial charge < -0.3 is 14.8 Å². The van der Waals surface area contributed by atoms with Gasteiger partial charge >= 0.3 is 12.3 Å². The number of alkyl halides is 3. The van der Waals surface area contributed by atoms with E-state index < -0.39 is 24.5 Å². The van der Waals surface area contributed by atoms with Crippen LogP contribution in [0, 0.1) is 0 Å². The fraction of sp³-hybridized carbons (Fsp3) is 0.118. The summed E-state index contributed by atoms with van der Waals surface area (Å²) in [6, 6.07) is 8.50. The number of H-pyrrole nitrogens is 1. The smallest absolute Gasteiger partial charge is 0.481 e. The Labute approximate surface area is 155 Å². The molecule has 0 bridgehead atoms. The fourth-order valence-electron chi connectivity index (χ4n) is 2.69. The monoisotopic (exact) mass is 403 g/mol. The number of aliphatic carboxylic acids is 1. The van der Waals surface area contributed by atoms with Crippen LogP contribution in [0.2, 0.25) is 10.0 Å². The number of hydrogen-bond acceptors (Lipinski definition) is 2. The fourth-order valence-corrected chi connectivity index (χ4v) is 3.08. The summed E-state index contributed by atoms with van der Waals surface area (Å²) in [5.74, 6) is -1.59. The van der Waals surface area contributed by atoms with Crippen LogP contribution in [0.4, 0.5) is 13.2 Å². The molecule has 2 aromatic carbocycles. The van der Waals surface area contributed by atoms with Gasteiger partial charge in [-0.2, -0.15) is 0 Å². The van der Waals surface area contributed by atoms with Crippen molar-refractivity contribution in [3.8, 4) is 17.0 Å². The molecule has 9 heteroatoms. The Balaban J connectivity index is 2.23. The molecule has 4 nitrogen and oxygen atoms in total. The first-order chi connectivity index (χ1) is 12.2. The predicted octanol–water partition coefficient (Wildman–Crippen LogP) is 5.67. The van der Waals surface area contributed by atoms with Gasteiger partial charge in [0.15, 0.2) is 0 Å². The molecule has 1 aromatic heterocycles. The maximum Gasteiger partial charge on any atom is 0.573 e. The molecule has 3 aromatic rings. The average molecular weight is 404 g/mol. The Kier molecular flexibility index (Phi) is 4.77. The summed E-state index contributed by atoms with van der Waals surface area (Å²) in [6.07, 6.45) is -5.27. The van der Waals surface area contributed by atoms with Crippen LogP contribution in [0.15, 0.2) is 36.4 Å². The molecule has 2 N–H and O–H groups in total. The first-order valence-electron chi connectivity index (χ1n) is 7.22. The number of carboxylic acids is 1. The highest BCUT2D eigenvalue weighted by Crippen LogP contribution is 2.39. The van der Waals surface area contributed by atoms with Crippen molar-refractivity contribution in [2.45, 2.75) is 12.8 Å². The number of fused-ring (bicyclic) bond motifs is 1. The predicted molar refractivity (Wildman–Crippen MR) is 91.8 cm³/mol. The molecule has 3 rings (SSSR count). The van der Waals surface area contributed by atoms with E-state index in [1.807, 2.05) is 0 Å². The molecule has 0 fully saturated rings. The van der Waals surface area contributed by atoms with Crippen molar-refractivity contribution in [2.24, 2.45) is 0 Å². The first kappa shape index (κ1) is 18.4. The molecule has 0 aliphatic heterocycles. The largest absolute Gasteiger partial charge is 0.573 e. The highest BCUT2D eigenvalue weighted by atomic mass is 35.5. The van der Waals surface area contributed by atoms with E-state index in [9.17, 15) is 23.1 Å². The number of ether oxygens (including phenoxy) is 1. The summed E-state index contributed by atoms with van der Waals surface area (Å²) in [6.45, 7) is 0. The number of hydrogen-bond donors (Lipinski definition) is 2. The van der Waals surface area contributed by atoms with Crippen LogP contribution < -0.4 is 4.74 Å². The lowest BCUT2D eigenvalue weighted by Crippen LogP contribution is -2.17. The molecule has 0 unspecified atom stereocenters. The molecule has 0 aliphatic rings. The number of rotatable bonds is 4. The van der Waals surface area contributed by atoms with Crippen molar-refractivity contribution in [2.75, 3.05) is 0 Å². The number of aromatic nitrogens is 1. The molecule has 1 heterocycles. The van der Waals surface area contributed by atoms with Gasteiger partial charge in [-0.05, 0) is 29.8 Å². The number of carbonyl (C=O) groups is 1. The zero-order valence-electron chi connectivity index (χ0n) is 12.8. The topological polar surface area (TPSA) is 62.3 Å². The van der Waals surface area contributed by atoms with Crippen LogP contribution in [-0.2, 0) is 11.2 Å². The van der Waals surface area contributed by atoms with Crippen molar-refractivity contribution >= 4 is 40.1 Å². The number of halogens is 5. The van der Waals surface area contributed by atoms with E-state index >= 15 is 0 Å². The van der Waals surface area contributed by atoms with Crippen molar-refractivity contribution in [3.63, 3.8) is 0 Å². The lowest BCUT2D eigenvalue weighted by Gasteiger charge is -2.09. The first-order valence-corrected chi connectivity index (χ1v) is 7.98. The van der Waals surface area contributed by atoms with Gasteiger partial charge in [-0.15, -0.1) is 13.2 Å². The zero-order chi connectivity index (χ0) is 19.1. The zero-order valence-corrected chi connectivity index (χ0v) is 14.3. The number of carboxylic acid groups (broad SMARTS) is 1. The summed E-state index contributed by atoms with van der Waals surface area (Å²) in [5, 5.41) is 9.98. The van der Waals surface area contributed by atoms with Gasteiger partial charge in [0.2, 0.25) is 0 Å². The van der Waals surface area contributed by atoms with Crippen molar-refractivity contribution in [1.82, 2.24) is 4.98 Å². The third kappa shape index (κ3) is 3.73. The summed E-state index contributed by atoms with van der Waals surface area (Å²) < 4.78 is 41.3. The molecule has 136 valence electrons. The van der Waals surface area contributed by atoms with Gasteiger partial charge in [0.25, 0.3) is 0 Å². The molecule has 26 heavy (non-hydrogen) atoms. The molecule has 0 atom stereocenters. The minimum absolute atomic E-state index is 0.208. The third-order valence-corrected chi connectivity index (χ3v) is 4.48. The summed E-state index contributed by atoms with van der Waals surface area (Å²) in [5.41, 5.74) is 1.55. The van der Waals surface area contributed by atoms with Gasteiger partial charge in [0.1, 0.15) is 5.75 Å². The normalized spacial score (nSPS) is 11.7. The van der Waals surface area contributed by atoms with Crippen molar-refractivity contribution < 1.29 is 27.8 Å². The maximum absolute atomic E-state index is 12.5. The minimum Gasteiger partial charge on any atom is -0.481 e. The van der Waals surface area contributed by atoms with Crippen LogP contribution in [-0.4, -0.2) is 22.4 Å². The van der Waals surface area contributed by atoms with E-state index in [1.54, 1.807) is 18.2 Å². The Bertz CT molecular complexity index is 999. The Morgan fingerprint density at radius 3 is 2.58 bits per heavy atom. The summed E-state index contributed by atoms with van der Waals surface area (Å²) in [7, 11) is 0. The van der Waals surface area contributed by atoms with Gasteiger partial charge in [-0.1, -0.05) is 35.3 Å². The molecule has 0 radical (unpaired) electrons. The second kappa shape index (κ2) is 6.74. The van der Waals surface area contributed by atoms with E-state index in [0.717, 1.165) is 12.1 Å². The summed E-state index contributed by atoms with van der Waals surface area (Å²) >= 11 is 12.2. The highest BCUT2D eigenvalue weighted by Gasteiger charge is 2.31. The molecule has 0 saturated heterocycles. The number of nitrogens with one attached hydrogen (secondary N) is 1. The number of aromatic amines is 1. The van der Waals surface area contributed by atoms with E-state index in [-0.39, 0.29) is 15.6 Å². The molecule has 0 saturated carbocycles. The second-order valence-corrected chi connectivity index (χ2v) is 6.19. The summed E-state index contributed by atoms with van der Waals surface area (Å²) in [4.78, 5) is 14.3. The Hall–Kier alpha value is -2.38. The Morgan fingerprint density at radius 2 is 1.92 bits per heavy atom. The van der Waals surface area contributed by atoms with Crippen LogP contribution in [0.25, 0.3) is 22.2 Å². The minimum atomic E-state index is -4.85. The van der Waals surface area contributed by atoms with Gasteiger partial charge in [-0.25, -0.2) is 0 Å². The van der Waals surface area contributed by atoms with Gasteiger partial charge in [-0.3, -0.25) is 4.79 Å². The molecular formula is C17H10Cl2F3NO3. The Morgan fingerprint density at radius 1 is 1.19 bits per heavy atom. The lowest BCUT2D eigenvalue weighted by molar-refractivity contribution is -0.274. The van der Waals surface area contributed by atoms with Crippen LogP contribution in [0.1, 0.15) is 5.56 Å². The third-order valence-electron chi connectivity index (χ3n) is 3.66. The molecule has 0 spiro atoms. The second-order valence-electron chi connectivity index (χ2n) is 5.41.